The van der Waals surface area contributed by atoms with Gasteiger partial charge < -0.3 is 31.5 Å². The predicted molar refractivity (Wildman–Crippen MR) is 131 cm³/mol. The molecule has 0 N–H and O–H groups in total. The molecule has 0 amide bonds. The third-order valence-corrected chi connectivity index (χ3v) is 11.0. The van der Waals surface area contributed by atoms with E-state index in [1.165, 1.54) is 0 Å². The molecule has 0 unspecified atom stereocenters. The molecule has 0 fully saturated rings. The lowest BCUT2D eigenvalue weighted by molar-refractivity contribution is 0.0693. The summed E-state index contributed by atoms with van der Waals surface area (Å²) < 4.78 is 35.9. The van der Waals surface area contributed by atoms with Crippen molar-refractivity contribution < 1.29 is 26.6 Å². The molecule has 31 heavy (non-hydrogen) atoms. The van der Waals surface area contributed by atoms with Gasteiger partial charge >= 0.3 is 0 Å². The molecule has 10 heteroatoms. The molecule has 8 nitrogen and oxygen atoms in total. The van der Waals surface area contributed by atoms with Crippen LogP contribution in [-0.4, -0.2) is 95.0 Å². The fourth-order valence-electron chi connectivity index (χ4n) is 3.59. The van der Waals surface area contributed by atoms with Gasteiger partial charge in [-0.25, -0.2) is 0 Å². The lowest BCUT2D eigenvalue weighted by Gasteiger charge is -2.43. The van der Waals surface area contributed by atoms with Gasteiger partial charge in [0.25, 0.3) is 17.6 Å². The van der Waals surface area contributed by atoms with Crippen LogP contribution < -0.4 is 0 Å². The Morgan fingerprint density at radius 3 is 1.16 bits per heavy atom. The van der Waals surface area contributed by atoms with Crippen LogP contribution in [0.25, 0.3) is 0 Å². The summed E-state index contributed by atoms with van der Waals surface area (Å²) >= 11 is 0. The molecular weight excluding hydrogens is 432 g/mol. The summed E-state index contributed by atoms with van der Waals surface area (Å²) in [5, 5.41) is 0. The third-order valence-electron chi connectivity index (χ3n) is 4.67. The zero-order chi connectivity index (χ0) is 23.4. The Kier molecular flexibility index (Phi) is 19.2. The molecule has 0 aliphatic heterocycles. The second-order valence-electron chi connectivity index (χ2n) is 6.96. The Morgan fingerprint density at radius 2 is 0.903 bits per heavy atom. The summed E-state index contributed by atoms with van der Waals surface area (Å²) in [5.41, 5.74) is 0. The fraction of sp³-hybridized carbons (Fsp3) is 0.952. The fourth-order valence-corrected chi connectivity index (χ4v) is 8.78. The van der Waals surface area contributed by atoms with Crippen LogP contribution in [0.15, 0.2) is 4.99 Å². The van der Waals surface area contributed by atoms with E-state index in [0.29, 0.717) is 39.6 Å². The second kappa shape index (κ2) is 19.3. The molecule has 0 aliphatic rings. The van der Waals surface area contributed by atoms with Crippen molar-refractivity contribution in [3.8, 4) is 0 Å². The van der Waals surface area contributed by atoms with E-state index in [1.54, 1.807) is 0 Å². The molecule has 0 atom stereocenters. The zero-order valence-corrected chi connectivity index (χ0v) is 23.0. The summed E-state index contributed by atoms with van der Waals surface area (Å²) in [7, 11) is -5.21. The molecule has 0 spiro atoms. The standard InChI is InChI=1S/C21H48N2O6Si2/c1-8-24-30(25-9-2,26-10-3)20-14-17-23(19-16-22-7)18-15-21-31(27-11-4,28-12-5)29-13-6/h7-21H2,1-6H3/q-2. The van der Waals surface area contributed by atoms with E-state index in [2.05, 4.69) is 16.6 Å². The monoisotopic (exact) mass is 480 g/mol. The largest absolute Gasteiger partial charge is 0.525 e. The molecule has 0 radical (unpaired) electrons. The smallest absolute Gasteiger partial charge is 0.281 e. The summed E-state index contributed by atoms with van der Waals surface area (Å²) in [6, 6.07) is 1.63. The minimum atomic E-state index is -2.60. The first-order valence-corrected chi connectivity index (χ1v) is 15.9. The zero-order valence-electron chi connectivity index (χ0n) is 21.0. The number of hydrogen-bond donors (Lipinski definition) is 0. The van der Waals surface area contributed by atoms with E-state index in [4.69, 9.17) is 26.6 Å². The van der Waals surface area contributed by atoms with E-state index in [9.17, 15) is 0 Å². The van der Waals surface area contributed by atoms with Crippen LogP contribution in [0.5, 0.6) is 0 Å². The van der Waals surface area contributed by atoms with Gasteiger partial charge in [0.05, 0.1) is 6.54 Å². The third kappa shape index (κ3) is 13.2. The van der Waals surface area contributed by atoms with E-state index >= 15 is 0 Å². The quantitative estimate of drug-likeness (QED) is 0.162. The Labute approximate surface area is 193 Å². The van der Waals surface area contributed by atoms with Gasteiger partial charge in [0.15, 0.2) is 0 Å². The van der Waals surface area contributed by atoms with Gasteiger partial charge in [0.1, 0.15) is 0 Å². The van der Waals surface area contributed by atoms with E-state index in [-0.39, 0.29) is 0 Å². The second-order valence-corrected chi connectivity index (χ2v) is 12.4. The van der Waals surface area contributed by atoms with Gasteiger partial charge in [-0.2, -0.15) is 0 Å². The Morgan fingerprint density at radius 1 is 0.581 bits per heavy atom. The van der Waals surface area contributed by atoms with Gasteiger partial charge in [-0.05, 0) is 61.3 Å². The van der Waals surface area contributed by atoms with Gasteiger partial charge in [-0.3, -0.25) is 4.99 Å². The van der Waals surface area contributed by atoms with Crippen molar-refractivity contribution in [2.24, 2.45) is 4.99 Å². The number of rotatable bonds is 23. The molecule has 0 aromatic carbocycles. The Hall–Kier alpha value is -0.176. The average molecular weight is 481 g/mol. The molecule has 0 bridgehead atoms. The van der Waals surface area contributed by atoms with Crippen molar-refractivity contribution in [1.29, 1.82) is 0 Å². The van der Waals surface area contributed by atoms with Crippen LogP contribution in [0.1, 0.15) is 54.4 Å². The van der Waals surface area contributed by atoms with Crippen LogP contribution in [0.2, 0.25) is 12.1 Å². The van der Waals surface area contributed by atoms with Gasteiger partial charge in [-0.1, -0.05) is 24.9 Å². The highest BCUT2D eigenvalue weighted by atomic mass is 28.4. The lowest BCUT2D eigenvalue weighted by atomic mass is 10.3. The van der Waals surface area contributed by atoms with Crippen molar-refractivity contribution in [2.75, 3.05) is 65.8 Å². The molecule has 188 valence electrons. The molecule has 0 saturated carbocycles. The van der Waals surface area contributed by atoms with Crippen LogP contribution in [0.3, 0.4) is 0 Å². The molecular formula is C21H48N2O6Si2-2. The van der Waals surface area contributed by atoms with Crippen LogP contribution in [0.4, 0.5) is 0 Å². The van der Waals surface area contributed by atoms with Crippen LogP contribution in [-0.2, 0) is 26.6 Å². The normalized spacial score (nSPS) is 12.6. The maximum Gasteiger partial charge on any atom is 0.281 e. The van der Waals surface area contributed by atoms with E-state index < -0.39 is 17.6 Å². The highest BCUT2D eigenvalue weighted by Crippen LogP contribution is 2.20. The minimum Gasteiger partial charge on any atom is -0.525 e. The average Bonchev–Trinajstić information content (AvgIpc) is 2.73. The topological polar surface area (TPSA) is 71.0 Å². The van der Waals surface area contributed by atoms with Crippen molar-refractivity contribution in [2.45, 2.75) is 66.5 Å². The van der Waals surface area contributed by atoms with Gasteiger partial charge in [0.2, 0.25) is 0 Å². The maximum atomic E-state index is 5.98. The van der Waals surface area contributed by atoms with Crippen LogP contribution >= 0.6 is 0 Å². The highest BCUT2D eigenvalue weighted by Gasteiger charge is 2.26. The van der Waals surface area contributed by atoms with Crippen molar-refractivity contribution in [1.82, 2.24) is 4.90 Å². The molecule has 0 saturated heterocycles. The predicted octanol–water partition coefficient (Wildman–Crippen LogP) is 3.87. The number of hydrogen-bond acceptors (Lipinski definition) is 8. The molecule has 0 rings (SSSR count). The Balaban J connectivity index is 4.88. The number of nitrogens with zero attached hydrogens (tertiary/aromatic N) is 2. The first-order chi connectivity index (χ1) is 15.0. The lowest BCUT2D eigenvalue weighted by Crippen LogP contribution is -2.47. The van der Waals surface area contributed by atoms with E-state index in [1.807, 2.05) is 41.5 Å². The highest BCUT2D eigenvalue weighted by molar-refractivity contribution is 6.61. The SMILES string of the molecule is C=NCCN(CCC[Si-](OCC)(OCC)OCC)CCC[Si-](OCC)(OCC)OCC. The first kappa shape index (κ1) is 30.8. The molecule has 0 heterocycles. The van der Waals surface area contributed by atoms with Crippen LogP contribution in [0, 0.1) is 0 Å². The number of aliphatic imine (C=N–C) groups is 1. The Bertz CT molecular complexity index is 369. The summed E-state index contributed by atoms with van der Waals surface area (Å²) in [4.78, 5) is 6.46. The molecule has 0 aliphatic carbocycles. The van der Waals surface area contributed by atoms with Crippen molar-refractivity contribution in [3.05, 3.63) is 0 Å². The van der Waals surface area contributed by atoms with Gasteiger partial charge in [0, 0.05) is 46.2 Å². The van der Waals surface area contributed by atoms with Crippen molar-refractivity contribution >= 4 is 24.3 Å². The summed E-state index contributed by atoms with van der Waals surface area (Å²) in [6.07, 6.45) is 1.91. The summed E-state index contributed by atoms with van der Waals surface area (Å²) in [5.74, 6) is 0. The van der Waals surface area contributed by atoms with E-state index in [0.717, 1.165) is 51.1 Å². The molecule has 0 aromatic heterocycles. The maximum absolute atomic E-state index is 5.98. The minimum absolute atomic E-state index is 0.606. The summed E-state index contributed by atoms with van der Waals surface area (Å²) in [6.45, 7) is 22.7. The molecule has 0 aromatic rings. The van der Waals surface area contributed by atoms with Crippen molar-refractivity contribution in [3.63, 3.8) is 0 Å². The first-order valence-electron chi connectivity index (χ1n) is 12.0. The van der Waals surface area contributed by atoms with Gasteiger partial charge in [-0.15, -0.1) is 0 Å².